The third kappa shape index (κ3) is 4.55. The molecule has 2 N–H and O–H groups in total. The van der Waals surface area contributed by atoms with Gasteiger partial charge in [-0.05, 0) is 44.4 Å². The topological polar surface area (TPSA) is 95.9 Å². The Kier molecular flexibility index (Phi) is 6.31. The fourth-order valence-electron chi connectivity index (χ4n) is 2.72. The molecule has 1 heterocycles. The number of amides is 2. The Morgan fingerprint density at radius 3 is 2.83 bits per heavy atom. The number of rotatable bonds is 6. The van der Waals surface area contributed by atoms with Crippen LogP contribution in [0.1, 0.15) is 36.5 Å². The second-order valence-electron chi connectivity index (χ2n) is 5.61. The van der Waals surface area contributed by atoms with Crippen LogP contribution in [0.25, 0.3) is 0 Å². The number of anilines is 1. The lowest BCUT2D eigenvalue weighted by Crippen LogP contribution is -2.48. The summed E-state index contributed by atoms with van der Waals surface area (Å²) in [5.74, 6) is -1.62. The number of hydrogen-bond donors (Lipinski definition) is 2. The number of benzene rings is 1. The van der Waals surface area contributed by atoms with E-state index < -0.39 is 12.0 Å². The quantitative estimate of drug-likeness (QED) is 0.826. The molecule has 7 nitrogen and oxygen atoms in total. The fraction of sp³-hybridized carbons (Fsp3) is 0.471. The monoisotopic (exact) mass is 334 g/mol. The molecule has 1 aromatic carbocycles. The van der Waals surface area contributed by atoms with E-state index in [2.05, 4.69) is 5.32 Å². The van der Waals surface area contributed by atoms with Crippen LogP contribution in [0, 0.1) is 0 Å². The first-order valence-corrected chi connectivity index (χ1v) is 8.04. The summed E-state index contributed by atoms with van der Waals surface area (Å²) in [7, 11) is 0. The van der Waals surface area contributed by atoms with Crippen LogP contribution in [0.3, 0.4) is 0 Å². The van der Waals surface area contributed by atoms with Crippen molar-refractivity contribution in [2.75, 3.05) is 25.1 Å². The number of carbonyl (C=O) groups excluding carboxylic acids is 2. The second-order valence-corrected chi connectivity index (χ2v) is 5.61. The first kappa shape index (κ1) is 17.9. The summed E-state index contributed by atoms with van der Waals surface area (Å²) in [6.07, 6.45) is 2.06. The van der Waals surface area contributed by atoms with Crippen molar-refractivity contribution in [1.82, 2.24) is 4.90 Å². The second kappa shape index (κ2) is 8.44. The van der Waals surface area contributed by atoms with Crippen molar-refractivity contribution >= 4 is 23.5 Å². The maximum Gasteiger partial charge on any atom is 0.326 e. The van der Waals surface area contributed by atoms with Gasteiger partial charge in [0.2, 0.25) is 5.91 Å². The molecule has 24 heavy (non-hydrogen) atoms. The van der Waals surface area contributed by atoms with Crippen molar-refractivity contribution < 1.29 is 24.2 Å². The Balaban J connectivity index is 2.10. The molecule has 1 aliphatic rings. The van der Waals surface area contributed by atoms with E-state index in [0.29, 0.717) is 30.8 Å². The van der Waals surface area contributed by atoms with Crippen LogP contribution in [0.15, 0.2) is 24.3 Å². The average molecular weight is 334 g/mol. The van der Waals surface area contributed by atoms with Crippen LogP contribution in [0.5, 0.6) is 0 Å². The van der Waals surface area contributed by atoms with Crippen LogP contribution in [0.4, 0.5) is 5.69 Å². The van der Waals surface area contributed by atoms with Gasteiger partial charge in [0.25, 0.3) is 5.91 Å². The number of aliphatic carboxylic acids is 1. The molecule has 1 aromatic rings. The van der Waals surface area contributed by atoms with Gasteiger partial charge in [-0.3, -0.25) is 9.59 Å². The van der Waals surface area contributed by atoms with Gasteiger partial charge >= 0.3 is 5.97 Å². The van der Waals surface area contributed by atoms with Crippen molar-refractivity contribution in [1.29, 1.82) is 0 Å². The van der Waals surface area contributed by atoms with Crippen molar-refractivity contribution in [2.24, 2.45) is 0 Å². The molecule has 1 fully saturated rings. The number of likely N-dealkylation sites (tertiary alicyclic amines) is 1. The molecule has 7 heteroatoms. The summed E-state index contributed by atoms with van der Waals surface area (Å²) in [6.45, 7) is 2.61. The third-order valence-corrected chi connectivity index (χ3v) is 3.88. The van der Waals surface area contributed by atoms with E-state index in [1.165, 1.54) is 4.90 Å². The summed E-state index contributed by atoms with van der Waals surface area (Å²) in [5, 5.41) is 12.0. The number of piperidine rings is 1. The van der Waals surface area contributed by atoms with E-state index in [1.54, 1.807) is 31.2 Å². The average Bonchev–Trinajstić information content (AvgIpc) is 2.59. The molecular formula is C17H22N2O5. The minimum Gasteiger partial charge on any atom is -0.480 e. The molecule has 130 valence electrons. The highest BCUT2D eigenvalue weighted by Gasteiger charge is 2.32. The van der Waals surface area contributed by atoms with E-state index in [-0.39, 0.29) is 18.4 Å². The molecule has 0 saturated carbocycles. The lowest BCUT2D eigenvalue weighted by atomic mass is 10.0. The van der Waals surface area contributed by atoms with E-state index in [4.69, 9.17) is 4.74 Å². The first-order valence-electron chi connectivity index (χ1n) is 8.04. The van der Waals surface area contributed by atoms with Crippen molar-refractivity contribution in [3.05, 3.63) is 29.8 Å². The highest BCUT2D eigenvalue weighted by molar-refractivity contribution is 5.99. The van der Waals surface area contributed by atoms with Gasteiger partial charge in [0.05, 0.1) is 0 Å². The Labute approximate surface area is 140 Å². The van der Waals surface area contributed by atoms with Gasteiger partial charge in [-0.25, -0.2) is 4.79 Å². The van der Waals surface area contributed by atoms with Gasteiger partial charge in [0.15, 0.2) is 0 Å². The molecule has 2 amide bonds. The molecule has 0 aliphatic carbocycles. The highest BCUT2D eigenvalue weighted by atomic mass is 16.5. The molecule has 0 radical (unpaired) electrons. The van der Waals surface area contributed by atoms with E-state index in [9.17, 15) is 19.5 Å². The van der Waals surface area contributed by atoms with Crippen LogP contribution in [-0.2, 0) is 14.3 Å². The smallest absolute Gasteiger partial charge is 0.326 e. The fourth-order valence-corrected chi connectivity index (χ4v) is 2.72. The Hall–Kier alpha value is -2.41. The van der Waals surface area contributed by atoms with Crippen molar-refractivity contribution in [3.8, 4) is 0 Å². The van der Waals surface area contributed by atoms with Gasteiger partial charge in [-0.15, -0.1) is 0 Å². The van der Waals surface area contributed by atoms with E-state index in [0.717, 1.165) is 12.8 Å². The van der Waals surface area contributed by atoms with Crippen LogP contribution in [0.2, 0.25) is 0 Å². The minimum absolute atomic E-state index is 0.0537. The summed E-state index contributed by atoms with van der Waals surface area (Å²) >= 11 is 0. The zero-order valence-corrected chi connectivity index (χ0v) is 13.7. The molecule has 1 atom stereocenters. The van der Waals surface area contributed by atoms with Crippen molar-refractivity contribution in [2.45, 2.75) is 32.2 Å². The van der Waals surface area contributed by atoms with E-state index in [1.807, 2.05) is 0 Å². The number of nitrogens with one attached hydrogen (secondary N) is 1. The number of ether oxygens (including phenoxy) is 1. The predicted molar refractivity (Wildman–Crippen MR) is 87.9 cm³/mol. The molecule has 0 bridgehead atoms. The van der Waals surface area contributed by atoms with Crippen molar-refractivity contribution in [3.63, 3.8) is 0 Å². The molecule has 1 aliphatic heterocycles. The number of hydrogen-bond acceptors (Lipinski definition) is 4. The van der Waals surface area contributed by atoms with E-state index >= 15 is 0 Å². The number of nitrogens with zero attached hydrogens (tertiary/aromatic N) is 1. The van der Waals surface area contributed by atoms with Crippen LogP contribution in [-0.4, -0.2) is 53.6 Å². The molecule has 0 spiro atoms. The highest BCUT2D eigenvalue weighted by Crippen LogP contribution is 2.21. The number of carboxylic acid groups (broad SMARTS) is 1. The summed E-state index contributed by atoms with van der Waals surface area (Å²) in [4.78, 5) is 37.1. The third-order valence-electron chi connectivity index (χ3n) is 3.88. The molecule has 0 aromatic heterocycles. The lowest BCUT2D eigenvalue weighted by molar-refractivity contribution is -0.143. The summed E-state index contributed by atoms with van der Waals surface area (Å²) in [6, 6.07) is 5.71. The molecule has 1 saturated heterocycles. The maximum absolute atomic E-state index is 12.6. The SMILES string of the molecule is CCOCC(=O)Nc1cccc(C(=O)N2CCCCC2C(=O)O)c1. The zero-order chi connectivity index (χ0) is 17.5. The lowest BCUT2D eigenvalue weighted by Gasteiger charge is -2.33. The zero-order valence-electron chi connectivity index (χ0n) is 13.7. The Morgan fingerprint density at radius 1 is 1.33 bits per heavy atom. The Morgan fingerprint density at radius 2 is 2.12 bits per heavy atom. The van der Waals surface area contributed by atoms with Gasteiger partial charge in [0.1, 0.15) is 12.6 Å². The number of carboxylic acids is 1. The van der Waals surface area contributed by atoms with Gasteiger partial charge in [0, 0.05) is 24.4 Å². The summed E-state index contributed by atoms with van der Waals surface area (Å²) < 4.78 is 5.03. The minimum atomic E-state index is -0.982. The van der Waals surface area contributed by atoms with Gasteiger partial charge in [-0.1, -0.05) is 6.07 Å². The normalized spacial score (nSPS) is 17.4. The predicted octanol–water partition coefficient (Wildman–Crippen LogP) is 1.74. The van der Waals surface area contributed by atoms with Crippen LogP contribution >= 0.6 is 0 Å². The first-order chi connectivity index (χ1) is 11.5. The number of carbonyl (C=O) groups is 3. The van der Waals surface area contributed by atoms with Crippen LogP contribution < -0.4 is 5.32 Å². The van der Waals surface area contributed by atoms with Gasteiger partial charge in [-0.2, -0.15) is 0 Å². The Bertz CT molecular complexity index is 617. The summed E-state index contributed by atoms with van der Waals surface area (Å²) in [5.41, 5.74) is 0.840. The maximum atomic E-state index is 12.6. The largest absolute Gasteiger partial charge is 0.480 e. The standard InChI is InChI=1S/C17H22N2O5/c1-2-24-11-15(20)18-13-7-5-6-12(10-13)16(21)19-9-4-3-8-14(19)17(22)23/h5-7,10,14H,2-4,8-9,11H2,1H3,(H,18,20)(H,22,23). The molecule has 2 rings (SSSR count). The molecular weight excluding hydrogens is 312 g/mol. The molecule has 1 unspecified atom stereocenters. The van der Waals surface area contributed by atoms with Gasteiger partial charge < -0.3 is 20.1 Å².